The summed E-state index contributed by atoms with van der Waals surface area (Å²) >= 11 is 0. The van der Waals surface area contributed by atoms with Crippen molar-refractivity contribution in [2.24, 2.45) is 5.92 Å². The largest absolute Gasteiger partial charge is 0.457 e. The van der Waals surface area contributed by atoms with E-state index < -0.39 is 34.3 Å². The lowest BCUT2D eigenvalue weighted by atomic mass is 9.80. The van der Waals surface area contributed by atoms with Gasteiger partial charge in [0.15, 0.2) is 12.2 Å². The molecule has 0 amide bonds. The molecule has 0 spiro atoms. The van der Waals surface area contributed by atoms with Crippen molar-refractivity contribution in [2.45, 2.75) is 49.6 Å². The molecular formula is C27H36NO8S+. The van der Waals surface area contributed by atoms with E-state index in [1.807, 2.05) is 21.0 Å². The third-order valence-corrected chi connectivity index (χ3v) is 7.80. The van der Waals surface area contributed by atoms with Crippen LogP contribution in [0.15, 0.2) is 53.4 Å². The van der Waals surface area contributed by atoms with E-state index in [4.69, 9.17) is 9.47 Å². The highest BCUT2D eigenvalue weighted by Crippen LogP contribution is 2.41. The normalized spacial score (nSPS) is 16.2. The summed E-state index contributed by atoms with van der Waals surface area (Å²) in [7, 11) is -0.697. The van der Waals surface area contributed by atoms with Crippen LogP contribution in [0.2, 0.25) is 0 Å². The molecule has 37 heavy (non-hydrogen) atoms. The van der Waals surface area contributed by atoms with E-state index in [0.717, 1.165) is 18.4 Å². The molecule has 1 aliphatic rings. The van der Waals surface area contributed by atoms with Crippen molar-refractivity contribution in [3.63, 3.8) is 0 Å². The maximum atomic E-state index is 13.0. The van der Waals surface area contributed by atoms with E-state index in [1.54, 1.807) is 42.5 Å². The Bertz CT molecular complexity index is 1210. The number of nitrogens with zero attached hydrogens (tertiary/aromatic N) is 1. The molecule has 2 aromatic rings. The van der Waals surface area contributed by atoms with Crippen LogP contribution in [0.25, 0.3) is 0 Å². The minimum Gasteiger partial charge on any atom is -0.457 e. The zero-order valence-electron chi connectivity index (χ0n) is 21.6. The van der Waals surface area contributed by atoms with Crippen LogP contribution < -0.4 is 0 Å². The molecule has 1 saturated carbocycles. The molecule has 0 saturated heterocycles. The van der Waals surface area contributed by atoms with Crippen LogP contribution in [0, 0.1) is 12.8 Å². The monoisotopic (exact) mass is 534 g/mol. The number of carbonyl (C=O) groups is 2. The summed E-state index contributed by atoms with van der Waals surface area (Å²) in [6, 6.07) is 13.3. The third-order valence-electron chi connectivity index (χ3n) is 6.84. The van der Waals surface area contributed by atoms with E-state index in [-0.39, 0.29) is 28.4 Å². The summed E-state index contributed by atoms with van der Waals surface area (Å²) < 4.78 is 43.8. The first-order valence-electron chi connectivity index (χ1n) is 12.3. The zero-order valence-corrected chi connectivity index (χ0v) is 22.4. The average molecular weight is 535 g/mol. The molecule has 1 fully saturated rings. The lowest BCUT2D eigenvalue weighted by molar-refractivity contribution is -0.903. The van der Waals surface area contributed by atoms with Crippen molar-refractivity contribution < 1.29 is 41.6 Å². The number of hydrogen-bond acceptors (Lipinski definition) is 7. The number of rotatable bonds is 11. The molecule has 0 bridgehead atoms. The molecule has 9 nitrogen and oxygen atoms in total. The molecule has 0 aromatic heterocycles. The summed E-state index contributed by atoms with van der Waals surface area (Å²) in [5, 5.41) is 11.4. The Balaban J connectivity index is 1.55. The third kappa shape index (κ3) is 7.38. The summed E-state index contributed by atoms with van der Waals surface area (Å²) in [5.74, 6) is -1.90. The van der Waals surface area contributed by atoms with E-state index in [2.05, 4.69) is 0 Å². The number of quaternary nitrogens is 1. The molecule has 2 N–H and O–H groups in total. The van der Waals surface area contributed by atoms with Gasteiger partial charge in [-0.1, -0.05) is 54.8 Å². The number of aliphatic hydroxyl groups is 1. The van der Waals surface area contributed by atoms with Gasteiger partial charge >= 0.3 is 11.9 Å². The second kappa shape index (κ2) is 11.7. The van der Waals surface area contributed by atoms with Crippen LogP contribution in [0.3, 0.4) is 0 Å². The van der Waals surface area contributed by atoms with Crippen molar-refractivity contribution >= 4 is 22.1 Å². The molecule has 0 radical (unpaired) electrons. The number of ether oxygens (including phenoxy) is 2. The van der Waals surface area contributed by atoms with Gasteiger partial charge < -0.3 is 19.1 Å². The number of aryl methyl sites for hydroxylation is 1. The van der Waals surface area contributed by atoms with Gasteiger partial charge in [-0.05, 0) is 37.5 Å². The van der Waals surface area contributed by atoms with Gasteiger partial charge in [0.1, 0.15) is 24.6 Å². The topological polar surface area (TPSA) is 127 Å². The van der Waals surface area contributed by atoms with E-state index in [9.17, 15) is 27.7 Å². The molecule has 1 unspecified atom stereocenters. The summed E-state index contributed by atoms with van der Waals surface area (Å²) in [4.78, 5) is 25.1. The van der Waals surface area contributed by atoms with Crippen molar-refractivity contribution in [1.82, 2.24) is 0 Å². The number of hydrogen-bond donors (Lipinski definition) is 2. The number of benzene rings is 2. The maximum absolute atomic E-state index is 13.0. The van der Waals surface area contributed by atoms with Crippen molar-refractivity contribution in [2.75, 3.05) is 33.9 Å². The van der Waals surface area contributed by atoms with Crippen LogP contribution in [0.1, 0.15) is 42.4 Å². The van der Waals surface area contributed by atoms with E-state index >= 15 is 0 Å². The van der Waals surface area contributed by atoms with Crippen LogP contribution in [0.5, 0.6) is 0 Å². The Morgan fingerprint density at radius 2 is 1.70 bits per heavy atom. The van der Waals surface area contributed by atoms with Crippen LogP contribution in [-0.4, -0.2) is 68.4 Å². The molecule has 0 aliphatic heterocycles. The summed E-state index contributed by atoms with van der Waals surface area (Å²) in [6.45, 7) is 1.82. The second-order valence-electron chi connectivity index (χ2n) is 10.3. The first-order chi connectivity index (χ1) is 17.3. The van der Waals surface area contributed by atoms with Crippen molar-refractivity contribution in [1.29, 1.82) is 0 Å². The molecule has 1 aliphatic carbocycles. The first kappa shape index (κ1) is 28.8. The van der Waals surface area contributed by atoms with Gasteiger partial charge in [-0.3, -0.25) is 4.55 Å². The van der Waals surface area contributed by atoms with E-state index in [1.165, 1.54) is 6.07 Å². The van der Waals surface area contributed by atoms with Crippen molar-refractivity contribution in [3.8, 4) is 0 Å². The quantitative estimate of drug-likeness (QED) is 0.256. The van der Waals surface area contributed by atoms with Gasteiger partial charge in [0, 0.05) is 11.5 Å². The number of likely N-dealkylation sites (N-methyl/N-ethyl adjacent to an activating group) is 1. The summed E-state index contributed by atoms with van der Waals surface area (Å²) in [6.07, 6.45) is 3.21. The Labute approximate surface area is 218 Å². The molecule has 202 valence electrons. The fraction of sp³-hybridized carbons (Fsp3) is 0.481. The Morgan fingerprint density at radius 3 is 2.32 bits per heavy atom. The predicted octanol–water partition coefficient (Wildman–Crippen LogP) is 2.98. The highest BCUT2D eigenvalue weighted by atomic mass is 32.2. The standard InChI is InChI=1S/C27H35NO8S/c1-20-13-14-24(37(32,33)34)21(17-20)18-28(2,3)15-16-35-25(29)19-36-26(30)27(31,23-11-7-8-12-23)22-9-5-4-6-10-22/h4-6,9-10,13-14,17,23,31H,7-8,11-12,15-16,18-19H2,1-3H3/p+1. The maximum Gasteiger partial charge on any atom is 0.344 e. The molecule has 0 heterocycles. The molecule has 3 rings (SSSR count). The van der Waals surface area contributed by atoms with Gasteiger partial charge in [0.05, 0.1) is 14.1 Å². The van der Waals surface area contributed by atoms with Gasteiger partial charge in [-0.2, -0.15) is 8.42 Å². The minimum absolute atomic E-state index is 0.00197. The molecular weight excluding hydrogens is 498 g/mol. The van der Waals surface area contributed by atoms with Gasteiger partial charge in [-0.15, -0.1) is 0 Å². The highest BCUT2D eigenvalue weighted by molar-refractivity contribution is 7.85. The fourth-order valence-corrected chi connectivity index (χ4v) is 5.56. The minimum atomic E-state index is -4.37. The zero-order chi connectivity index (χ0) is 27.3. The average Bonchev–Trinajstić information content (AvgIpc) is 3.37. The van der Waals surface area contributed by atoms with Gasteiger partial charge in [0.2, 0.25) is 0 Å². The number of esters is 2. The first-order valence-corrected chi connectivity index (χ1v) is 13.8. The lowest BCUT2D eigenvalue weighted by Crippen LogP contribution is -2.44. The highest BCUT2D eigenvalue weighted by Gasteiger charge is 2.48. The molecule has 10 heteroatoms. The Kier molecular flexibility index (Phi) is 9.12. The van der Waals surface area contributed by atoms with Crippen LogP contribution in [-0.2, 0) is 41.3 Å². The van der Waals surface area contributed by atoms with Crippen LogP contribution >= 0.6 is 0 Å². The smallest absolute Gasteiger partial charge is 0.344 e. The Morgan fingerprint density at radius 1 is 1.05 bits per heavy atom. The predicted molar refractivity (Wildman–Crippen MR) is 136 cm³/mol. The fourth-order valence-electron chi connectivity index (χ4n) is 4.86. The van der Waals surface area contributed by atoms with E-state index in [0.29, 0.717) is 30.5 Å². The molecule has 2 aromatic carbocycles. The Hall–Kier alpha value is -2.79. The van der Waals surface area contributed by atoms with Gasteiger partial charge in [0.25, 0.3) is 10.1 Å². The lowest BCUT2D eigenvalue weighted by Gasteiger charge is -2.32. The van der Waals surface area contributed by atoms with Gasteiger partial charge in [-0.25, -0.2) is 9.59 Å². The molecule has 1 atom stereocenters. The van der Waals surface area contributed by atoms with Crippen molar-refractivity contribution in [3.05, 3.63) is 65.2 Å². The van der Waals surface area contributed by atoms with Crippen LogP contribution in [0.4, 0.5) is 0 Å². The summed E-state index contributed by atoms with van der Waals surface area (Å²) in [5.41, 5.74) is -0.0709. The number of carbonyl (C=O) groups excluding carboxylic acids is 2. The second-order valence-corrected chi connectivity index (χ2v) is 11.7. The SMILES string of the molecule is Cc1ccc(S(=O)(=O)O)c(C[N+](C)(C)CCOC(=O)COC(=O)C(O)(c2ccccc2)C2CCCC2)c1.